The van der Waals surface area contributed by atoms with Gasteiger partial charge in [-0.1, -0.05) is 36.0 Å². The highest BCUT2D eigenvalue weighted by Gasteiger charge is 2.49. The maximum absolute atomic E-state index is 13.5. The van der Waals surface area contributed by atoms with E-state index in [-0.39, 0.29) is 6.04 Å². The summed E-state index contributed by atoms with van der Waals surface area (Å²) in [5.41, 5.74) is 2.61. The molecule has 3 aliphatic rings. The van der Waals surface area contributed by atoms with Gasteiger partial charge in [-0.15, -0.1) is 0 Å². The van der Waals surface area contributed by atoms with Crippen molar-refractivity contribution in [3.8, 4) is 0 Å². The Bertz CT molecular complexity index is 804. The first-order valence-corrected chi connectivity index (χ1v) is 11.0. The molecule has 0 saturated carbocycles. The van der Waals surface area contributed by atoms with E-state index >= 15 is 0 Å². The zero-order valence-electron chi connectivity index (χ0n) is 13.9. The Hall–Kier alpha value is -1.17. The number of hydrogen-bond donors (Lipinski definition) is 0. The molecule has 0 bridgehead atoms. The molecule has 3 nitrogen and oxygen atoms in total. The summed E-state index contributed by atoms with van der Waals surface area (Å²) in [6.45, 7) is 2.47. The standard InChI is InChI=1S/C19H23NO2S2/c1-19(10-3-2-4-11-19)24(21,22)20-12-8-15-6-5-7-17(18(15)20)16-9-13-23-14-16/h2-4,6,9-10,13-14,17-18H,5,7-8,11-12H2,1H3/t17-,18+,19?/m0/s1. The van der Waals surface area contributed by atoms with E-state index in [2.05, 4.69) is 22.9 Å². The second-order valence-corrected chi connectivity index (χ2v) is 10.3. The van der Waals surface area contributed by atoms with Gasteiger partial charge in [0.1, 0.15) is 4.75 Å². The molecule has 1 aromatic rings. The van der Waals surface area contributed by atoms with Gasteiger partial charge in [0, 0.05) is 12.5 Å². The van der Waals surface area contributed by atoms with Gasteiger partial charge < -0.3 is 0 Å². The van der Waals surface area contributed by atoms with Crippen LogP contribution in [-0.4, -0.2) is 30.1 Å². The first-order chi connectivity index (χ1) is 11.5. The lowest BCUT2D eigenvalue weighted by molar-refractivity contribution is 0.337. The predicted octanol–water partition coefficient (Wildman–Crippen LogP) is 4.23. The van der Waals surface area contributed by atoms with Crippen LogP contribution >= 0.6 is 11.3 Å². The molecule has 0 spiro atoms. The van der Waals surface area contributed by atoms with Crippen LogP contribution in [0.4, 0.5) is 0 Å². The number of rotatable bonds is 3. The van der Waals surface area contributed by atoms with E-state index in [4.69, 9.17) is 0 Å². The molecule has 2 aliphatic carbocycles. The zero-order chi connectivity index (χ0) is 16.8. The molecule has 0 radical (unpaired) electrons. The Morgan fingerprint density at radius 3 is 2.92 bits per heavy atom. The molecule has 0 amide bonds. The van der Waals surface area contributed by atoms with Crippen LogP contribution in [0.5, 0.6) is 0 Å². The third-order valence-electron chi connectivity index (χ3n) is 5.66. The van der Waals surface area contributed by atoms with Crippen LogP contribution in [0.15, 0.2) is 52.8 Å². The molecule has 1 fully saturated rings. The third kappa shape index (κ3) is 2.45. The Morgan fingerprint density at radius 2 is 2.21 bits per heavy atom. The number of fused-ring (bicyclic) bond motifs is 1. The average molecular weight is 362 g/mol. The zero-order valence-corrected chi connectivity index (χ0v) is 15.5. The highest BCUT2D eigenvalue weighted by molar-refractivity contribution is 7.90. The summed E-state index contributed by atoms with van der Waals surface area (Å²) in [5.74, 6) is 0.292. The van der Waals surface area contributed by atoms with Crippen LogP contribution in [0.3, 0.4) is 0 Å². The Morgan fingerprint density at radius 1 is 1.33 bits per heavy atom. The van der Waals surface area contributed by atoms with Gasteiger partial charge in [0.05, 0.1) is 6.04 Å². The van der Waals surface area contributed by atoms with Gasteiger partial charge in [-0.05, 0) is 55.0 Å². The van der Waals surface area contributed by atoms with Gasteiger partial charge in [0.25, 0.3) is 0 Å². The van der Waals surface area contributed by atoms with E-state index in [1.807, 2.05) is 35.5 Å². The van der Waals surface area contributed by atoms with Crippen LogP contribution in [0.1, 0.15) is 44.1 Å². The van der Waals surface area contributed by atoms with E-state index in [1.54, 1.807) is 11.3 Å². The summed E-state index contributed by atoms with van der Waals surface area (Å²) >= 11 is 1.70. The molecule has 5 heteroatoms. The lowest BCUT2D eigenvalue weighted by atomic mass is 9.81. The molecule has 3 atom stereocenters. The van der Waals surface area contributed by atoms with Gasteiger partial charge in [-0.3, -0.25) is 0 Å². The van der Waals surface area contributed by atoms with Crippen molar-refractivity contribution in [2.45, 2.75) is 49.3 Å². The number of nitrogens with zero attached hydrogens (tertiary/aromatic N) is 1. The maximum Gasteiger partial charge on any atom is 0.224 e. The fraction of sp³-hybridized carbons (Fsp3) is 0.474. The van der Waals surface area contributed by atoms with Crippen LogP contribution in [0.25, 0.3) is 0 Å². The molecule has 1 saturated heterocycles. The van der Waals surface area contributed by atoms with Gasteiger partial charge in [-0.2, -0.15) is 15.6 Å². The Labute approximate surface area is 148 Å². The van der Waals surface area contributed by atoms with Crippen molar-refractivity contribution < 1.29 is 8.42 Å². The minimum atomic E-state index is -3.40. The highest BCUT2D eigenvalue weighted by Crippen LogP contribution is 2.45. The summed E-state index contributed by atoms with van der Waals surface area (Å²) in [6.07, 6.45) is 13.4. The monoisotopic (exact) mass is 361 g/mol. The summed E-state index contributed by atoms with van der Waals surface area (Å²) in [7, 11) is -3.40. The van der Waals surface area contributed by atoms with E-state index in [9.17, 15) is 8.42 Å². The van der Waals surface area contributed by atoms with Crippen molar-refractivity contribution in [3.63, 3.8) is 0 Å². The second-order valence-electron chi connectivity index (χ2n) is 7.13. The van der Waals surface area contributed by atoms with Crippen molar-refractivity contribution in [1.29, 1.82) is 0 Å². The SMILES string of the molecule is CC1(S(=O)(=O)N2CCC3=CCC[C@@H](c4ccsc4)[C@@H]32)C=CC=CC1. The lowest BCUT2D eigenvalue weighted by Crippen LogP contribution is -2.49. The predicted molar refractivity (Wildman–Crippen MR) is 99.7 cm³/mol. The number of thiophene rings is 1. The van der Waals surface area contributed by atoms with Crippen LogP contribution in [0.2, 0.25) is 0 Å². The van der Waals surface area contributed by atoms with Crippen molar-refractivity contribution in [2.75, 3.05) is 6.54 Å². The molecular formula is C19H23NO2S2. The topological polar surface area (TPSA) is 37.4 Å². The molecule has 24 heavy (non-hydrogen) atoms. The smallest absolute Gasteiger partial charge is 0.211 e. The minimum absolute atomic E-state index is 0.00878. The van der Waals surface area contributed by atoms with Crippen molar-refractivity contribution in [3.05, 3.63) is 58.3 Å². The Kier molecular flexibility index (Phi) is 4.06. The molecule has 4 rings (SSSR count). The fourth-order valence-electron chi connectivity index (χ4n) is 4.27. The number of sulfonamides is 1. The Balaban J connectivity index is 1.73. The van der Waals surface area contributed by atoms with Crippen LogP contribution in [0, 0.1) is 0 Å². The first kappa shape index (κ1) is 16.3. The van der Waals surface area contributed by atoms with Gasteiger partial charge in [0.2, 0.25) is 10.0 Å². The van der Waals surface area contributed by atoms with Gasteiger partial charge in [0.15, 0.2) is 0 Å². The van der Waals surface area contributed by atoms with E-state index in [0.29, 0.717) is 18.9 Å². The average Bonchev–Trinajstić information content (AvgIpc) is 3.25. The molecule has 128 valence electrons. The van der Waals surface area contributed by atoms with E-state index in [0.717, 1.165) is 19.3 Å². The fourth-order valence-corrected chi connectivity index (χ4v) is 7.00. The molecular weight excluding hydrogens is 338 g/mol. The number of allylic oxidation sites excluding steroid dienone is 4. The summed E-state index contributed by atoms with van der Waals surface area (Å²) < 4.78 is 28.0. The normalized spacial score (nSPS) is 33.5. The van der Waals surface area contributed by atoms with Crippen LogP contribution in [-0.2, 0) is 10.0 Å². The van der Waals surface area contributed by atoms with Crippen molar-refractivity contribution in [1.82, 2.24) is 4.31 Å². The summed E-state index contributed by atoms with van der Waals surface area (Å²) in [5, 5.41) is 4.28. The molecule has 1 aliphatic heterocycles. The van der Waals surface area contributed by atoms with Crippen LogP contribution < -0.4 is 0 Å². The van der Waals surface area contributed by atoms with E-state index in [1.165, 1.54) is 11.1 Å². The lowest BCUT2D eigenvalue weighted by Gasteiger charge is -2.38. The quantitative estimate of drug-likeness (QED) is 0.756. The largest absolute Gasteiger partial charge is 0.224 e. The molecule has 0 aromatic carbocycles. The van der Waals surface area contributed by atoms with Gasteiger partial charge >= 0.3 is 0 Å². The summed E-state index contributed by atoms with van der Waals surface area (Å²) in [6, 6.07) is 2.17. The maximum atomic E-state index is 13.5. The molecule has 0 N–H and O–H groups in total. The molecule has 2 heterocycles. The number of hydrogen-bond acceptors (Lipinski definition) is 3. The van der Waals surface area contributed by atoms with E-state index < -0.39 is 14.8 Å². The van der Waals surface area contributed by atoms with Gasteiger partial charge in [-0.25, -0.2) is 8.42 Å². The minimum Gasteiger partial charge on any atom is -0.211 e. The third-order valence-corrected chi connectivity index (χ3v) is 8.87. The summed E-state index contributed by atoms with van der Waals surface area (Å²) in [4.78, 5) is 0. The molecule has 1 aromatic heterocycles. The highest BCUT2D eigenvalue weighted by atomic mass is 32.2. The van der Waals surface area contributed by atoms with Crippen molar-refractivity contribution in [2.24, 2.45) is 0 Å². The second kappa shape index (κ2) is 5.97. The first-order valence-electron chi connectivity index (χ1n) is 8.60. The van der Waals surface area contributed by atoms with Crippen molar-refractivity contribution >= 4 is 21.4 Å². The molecule has 1 unspecified atom stereocenters.